The molecular formula is C25H33NO3. The van der Waals surface area contributed by atoms with Crippen molar-refractivity contribution in [2.75, 3.05) is 6.61 Å². The van der Waals surface area contributed by atoms with Gasteiger partial charge in [-0.3, -0.25) is 0 Å². The van der Waals surface area contributed by atoms with Gasteiger partial charge >= 0.3 is 6.09 Å². The smallest absolute Gasteiger partial charge is 0.407 e. The number of ether oxygens (including phenoxy) is 2. The van der Waals surface area contributed by atoms with Gasteiger partial charge in [0.05, 0.1) is 12.6 Å². The summed E-state index contributed by atoms with van der Waals surface area (Å²) >= 11 is 0. The van der Waals surface area contributed by atoms with Crippen LogP contribution in [0.15, 0.2) is 42.5 Å². The third-order valence-electron chi connectivity index (χ3n) is 5.49. The summed E-state index contributed by atoms with van der Waals surface area (Å²) in [6.45, 7) is 4.72. The van der Waals surface area contributed by atoms with Crippen LogP contribution < -0.4 is 10.1 Å². The van der Waals surface area contributed by atoms with Crippen LogP contribution in [0.2, 0.25) is 0 Å². The highest BCUT2D eigenvalue weighted by atomic mass is 16.5. The Hall–Kier alpha value is -2.49. The van der Waals surface area contributed by atoms with Crippen LogP contribution in [0.5, 0.6) is 11.5 Å². The van der Waals surface area contributed by atoms with Gasteiger partial charge in [-0.15, -0.1) is 0 Å². The van der Waals surface area contributed by atoms with Gasteiger partial charge in [0.2, 0.25) is 0 Å². The zero-order valence-electron chi connectivity index (χ0n) is 17.7. The Morgan fingerprint density at radius 1 is 0.931 bits per heavy atom. The quantitative estimate of drug-likeness (QED) is 0.438. The molecule has 156 valence electrons. The van der Waals surface area contributed by atoms with Crippen molar-refractivity contribution in [2.45, 2.75) is 71.3 Å². The fraction of sp³-hybridized carbons (Fsp3) is 0.480. The van der Waals surface area contributed by atoms with Crippen molar-refractivity contribution in [3.63, 3.8) is 0 Å². The van der Waals surface area contributed by atoms with Gasteiger partial charge in [0, 0.05) is 11.1 Å². The zero-order valence-corrected chi connectivity index (χ0v) is 17.7. The van der Waals surface area contributed by atoms with Crippen LogP contribution >= 0.6 is 0 Å². The molecule has 1 aliphatic rings. The molecule has 0 fully saturated rings. The van der Waals surface area contributed by atoms with Crippen molar-refractivity contribution in [2.24, 2.45) is 0 Å². The first-order valence-electron chi connectivity index (χ1n) is 11.0. The second-order valence-electron chi connectivity index (χ2n) is 7.82. The van der Waals surface area contributed by atoms with E-state index in [4.69, 9.17) is 9.47 Å². The van der Waals surface area contributed by atoms with Gasteiger partial charge in [0.25, 0.3) is 0 Å². The first-order valence-corrected chi connectivity index (χ1v) is 11.0. The first kappa shape index (κ1) is 21.2. The highest BCUT2D eigenvalue weighted by Crippen LogP contribution is 2.44. The lowest BCUT2D eigenvalue weighted by molar-refractivity contribution is 0.141. The Labute approximate surface area is 174 Å². The number of amides is 1. The second-order valence-corrected chi connectivity index (χ2v) is 7.82. The molecule has 0 spiro atoms. The van der Waals surface area contributed by atoms with E-state index in [2.05, 4.69) is 12.2 Å². The summed E-state index contributed by atoms with van der Waals surface area (Å²) in [5, 5.41) is 3.04. The molecule has 4 heteroatoms. The SMILES string of the molecule is CCCCCCCCCCOC(=O)NC1c2ccccc2Oc2c(C)cccc21. The average molecular weight is 396 g/mol. The lowest BCUT2D eigenvalue weighted by atomic mass is 9.93. The standard InChI is InChI=1S/C25H33NO3/c1-3-4-5-6-7-8-9-12-18-28-25(27)26-23-20-15-10-11-17-22(20)29-24-19(2)14-13-16-21(23)24/h10-11,13-17,23H,3-9,12,18H2,1-2H3,(H,26,27). The summed E-state index contributed by atoms with van der Waals surface area (Å²) in [5.41, 5.74) is 2.97. The number of carbonyl (C=O) groups excluding carboxylic acids is 1. The van der Waals surface area contributed by atoms with Crippen molar-refractivity contribution in [1.82, 2.24) is 5.32 Å². The van der Waals surface area contributed by atoms with Gasteiger partial charge in [-0.2, -0.15) is 0 Å². The Bertz CT molecular complexity index is 802. The van der Waals surface area contributed by atoms with Crippen LogP contribution in [-0.2, 0) is 4.74 Å². The molecule has 2 aromatic rings. The van der Waals surface area contributed by atoms with Crippen LogP contribution in [0.4, 0.5) is 4.79 Å². The molecule has 1 atom stereocenters. The normalized spacial score (nSPS) is 14.5. The third kappa shape index (κ3) is 5.75. The van der Waals surface area contributed by atoms with Crippen LogP contribution in [0.25, 0.3) is 0 Å². The van der Waals surface area contributed by atoms with E-state index in [0.29, 0.717) is 6.61 Å². The van der Waals surface area contributed by atoms with E-state index in [1.165, 1.54) is 38.5 Å². The summed E-state index contributed by atoms with van der Waals surface area (Å²) in [7, 11) is 0. The van der Waals surface area contributed by atoms with Gasteiger partial charge < -0.3 is 14.8 Å². The summed E-state index contributed by atoms with van der Waals surface area (Å²) < 4.78 is 11.5. The minimum atomic E-state index is -0.373. The predicted octanol–water partition coefficient (Wildman–Crippen LogP) is 7.06. The lowest BCUT2D eigenvalue weighted by Crippen LogP contribution is -2.32. The van der Waals surface area contributed by atoms with Gasteiger partial charge in [0.1, 0.15) is 11.5 Å². The van der Waals surface area contributed by atoms with Gasteiger partial charge in [0.15, 0.2) is 0 Å². The molecule has 0 aliphatic carbocycles. The Balaban J connectivity index is 1.50. The maximum atomic E-state index is 12.4. The van der Waals surface area contributed by atoms with Gasteiger partial charge in [-0.25, -0.2) is 4.79 Å². The summed E-state index contributed by atoms with van der Waals surface area (Å²) in [4.78, 5) is 12.4. The molecule has 1 aliphatic heterocycles. The number of carbonyl (C=O) groups is 1. The molecular weight excluding hydrogens is 362 g/mol. The molecule has 29 heavy (non-hydrogen) atoms. The molecule has 1 unspecified atom stereocenters. The maximum absolute atomic E-state index is 12.4. The van der Waals surface area contributed by atoms with Gasteiger partial charge in [-0.1, -0.05) is 88.3 Å². The van der Waals surface area contributed by atoms with E-state index in [9.17, 15) is 4.79 Å². The van der Waals surface area contributed by atoms with Crippen LogP contribution in [0, 0.1) is 6.92 Å². The fourth-order valence-electron chi connectivity index (χ4n) is 3.85. The molecule has 4 nitrogen and oxygen atoms in total. The van der Waals surface area contributed by atoms with Crippen molar-refractivity contribution in [3.8, 4) is 11.5 Å². The zero-order chi connectivity index (χ0) is 20.5. The first-order chi connectivity index (χ1) is 14.2. The van der Waals surface area contributed by atoms with Crippen LogP contribution in [-0.4, -0.2) is 12.7 Å². The molecule has 0 bridgehead atoms. The van der Waals surface area contributed by atoms with Gasteiger partial charge in [-0.05, 0) is 25.0 Å². The summed E-state index contributed by atoms with van der Waals surface area (Å²) in [6.07, 6.45) is 9.42. The second kappa shape index (κ2) is 10.9. The highest BCUT2D eigenvalue weighted by Gasteiger charge is 2.29. The minimum absolute atomic E-state index is 0.263. The number of fused-ring (bicyclic) bond motifs is 2. The maximum Gasteiger partial charge on any atom is 0.407 e. The number of aryl methyl sites for hydroxylation is 1. The average Bonchev–Trinajstić information content (AvgIpc) is 2.73. The lowest BCUT2D eigenvalue weighted by Gasteiger charge is -2.29. The van der Waals surface area contributed by atoms with Crippen molar-refractivity contribution >= 4 is 6.09 Å². The van der Waals surface area contributed by atoms with E-state index < -0.39 is 0 Å². The van der Waals surface area contributed by atoms with Crippen molar-refractivity contribution in [1.29, 1.82) is 0 Å². The van der Waals surface area contributed by atoms with Crippen molar-refractivity contribution < 1.29 is 14.3 Å². The topological polar surface area (TPSA) is 47.6 Å². The van der Waals surface area contributed by atoms with E-state index in [-0.39, 0.29) is 12.1 Å². The number of unbranched alkanes of at least 4 members (excludes halogenated alkanes) is 7. The number of benzene rings is 2. The number of hydrogen-bond acceptors (Lipinski definition) is 3. The van der Waals surface area contributed by atoms with E-state index in [0.717, 1.165) is 41.0 Å². The molecule has 1 N–H and O–H groups in total. The molecule has 0 saturated carbocycles. The predicted molar refractivity (Wildman–Crippen MR) is 117 cm³/mol. The molecule has 0 radical (unpaired) electrons. The molecule has 0 saturated heterocycles. The van der Waals surface area contributed by atoms with E-state index in [1.807, 2.05) is 49.4 Å². The summed E-state index contributed by atoms with van der Waals surface area (Å²) in [6, 6.07) is 13.6. The van der Waals surface area contributed by atoms with Crippen LogP contribution in [0.3, 0.4) is 0 Å². The van der Waals surface area contributed by atoms with Crippen molar-refractivity contribution in [3.05, 3.63) is 59.2 Å². The molecule has 1 heterocycles. The Morgan fingerprint density at radius 3 is 2.41 bits per heavy atom. The summed E-state index contributed by atoms with van der Waals surface area (Å²) in [5.74, 6) is 1.60. The molecule has 1 amide bonds. The van der Waals surface area contributed by atoms with E-state index in [1.54, 1.807) is 0 Å². The molecule has 2 aromatic carbocycles. The number of nitrogens with one attached hydrogen (secondary N) is 1. The largest absolute Gasteiger partial charge is 0.456 e. The number of hydrogen-bond donors (Lipinski definition) is 1. The number of para-hydroxylation sites is 2. The highest BCUT2D eigenvalue weighted by molar-refractivity contribution is 5.70. The Morgan fingerprint density at radius 2 is 1.62 bits per heavy atom. The molecule has 3 rings (SSSR count). The Kier molecular flexibility index (Phi) is 7.97. The molecule has 0 aromatic heterocycles. The number of rotatable bonds is 10. The monoisotopic (exact) mass is 395 g/mol. The minimum Gasteiger partial charge on any atom is -0.456 e. The fourth-order valence-corrected chi connectivity index (χ4v) is 3.85. The number of alkyl carbamates (subject to hydrolysis) is 1. The van der Waals surface area contributed by atoms with Crippen LogP contribution in [0.1, 0.15) is 81.0 Å². The third-order valence-corrected chi connectivity index (χ3v) is 5.49. The van der Waals surface area contributed by atoms with E-state index >= 15 is 0 Å².